The van der Waals surface area contributed by atoms with E-state index in [2.05, 4.69) is 10.2 Å². The van der Waals surface area contributed by atoms with Crippen molar-refractivity contribution < 1.29 is 9.84 Å². The van der Waals surface area contributed by atoms with Gasteiger partial charge in [-0.3, -0.25) is 4.40 Å². The number of benzene rings is 1. The number of fused-ring (bicyclic) bond motifs is 3. The van der Waals surface area contributed by atoms with Gasteiger partial charge < -0.3 is 9.84 Å². The van der Waals surface area contributed by atoms with Gasteiger partial charge in [0.05, 0.1) is 10.6 Å². The van der Waals surface area contributed by atoms with Gasteiger partial charge in [0.1, 0.15) is 11.6 Å². The Morgan fingerprint density at radius 1 is 1.04 bits per heavy atom. The minimum atomic E-state index is -0.531. The summed E-state index contributed by atoms with van der Waals surface area (Å²) in [5, 5.41) is 20.4. The van der Waals surface area contributed by atoms with E-state index in [4.69, 9.17) is 27.9 Å². The molecule has 26 heavy (non-hydrogen) atoms. The number of aromatic nitrogens is 3. The first-order valence-electron chi connectivity index (χ1n) is 8.68. The molecule has 2 aromatic heterocycles. The zero-order valence-corrected chi connectivity index (χ0v) is 15.5. The lowest BCUT2D eigenvalue weighted by molar-refractivity contribution is 0.0521. The standard InChI is InChI=1S/C19H17Cl2N3O2/c20-12-3-4-14(13(21)10-12)26-15-2-1-9-24-16(15)22-23-17(24)18-5-7-19(25,11-18)8-6-18/h1-4,9-10,25H,5-8,11H2. The molecular formula is C19H17Cl2N3O2. The lowest BCUT2D eigenvalue weighted by atomic mass is 9.83. The highest BCUT2D eigenvalue weighted by Crippen LogP contribution is 2.57. The number of hydrogen-bond acceptors (Lipinski definition) is 4. The zero-order chi connectivity index (χ0) is 17.9. The third-order valence-electron chi connectivity index (χ3n) is 5.79. The van der Waals surface area contributed by atoms with Crippen LogP contribution in [0.25, 0.3) is 5.65 Å². The Balaban J connectivity index is 1.56. The van der Waals surface area contributed by atoms with E-state index >= 15 is 0 Å². The average Bonchev–Trinajstić information content (AvgIpc) is 3.28. The zero-order valence-electron chi connectivity index (χ0n) is 14.0. The summed E-state index contributed by atoms with van der Waals surface area (Å²) in [4.78, 5) is 0. The van der Waals surface area contributed by atoms with Crippen molar-refractivity contribution in [2.45, 2.75) is 43.1 Å². The van der Waals surface area contributed by atoms with Crippen molar-refractivity contribution >= 4 is 28.8 Å². The number of rotatable bonds is 3. The van der Waals surface area contributed by atoms with Gasteiger partial charge in [0.2, 0.25) is 5.65 Å². The Kier molecular flexibility index (Phi) is 3.52. The van der Waals surface area contributed by atoms with Crippen LogP contribution in [0.2, 0.25) is 10.0 Å². The van der Waals surface area contributed by atoms with Crippen LogP contribution in [-0.4, -0.2) is 25.3 Å². The second-order valence-corrected chi connectivity index (χ2v) is 8.29. The Morgan fingerprint density at radius 3 is 2.54 bits per heavy atom. The third kappa shape index (κ3) is 2.42. The van der Waals surface area contributed by atoms with Crippen LogP contribution in [0.15, 0.2) is 36.5 Å². The van der Waals surface area contributed by atoms with Crippen LogP contribution in [0.5, 0.6) is 11.5 Å². The molecule has 2 bridgehead atoms. The van der Waals surface area contributed by atoms with Gasteiger partial charge in [-0.05, 0) is 62.4 Å². The fourth-order valence-corrected chi connectivity index (χ4v) is 4.94. The molecular weight excluding hydrogens is 373 g/mol. The summed E-state index contributed by atoms with van der Waals surface area (Å²) in [6, 6.07) is 8.86. The highest BCUT2D eigenvalue weighted by Gasteiger charge is 2.56. The molecule has 2 heterocycles. The van der Waals surface area contributed by atoms with E-state index < -0.39 is 5.60 Å². The summed E-state index contributed by atoms with van der Waals surface area (Å²) < 4.78 is 7.97. The highest BCUT2D eigenvalue weighted by molar-refractivity contribution is 6.35. The van der Waals surface area contributed by atoms with Crippen molar-refractivity contribution in [3.63, 3.8) is 0 Å². The molecule has 0 atom stereocenters. The molecule has 2 aliphatic carbocycles. The van der Waals surface area contributed by atoms with Crippen molar-refractivity contribution in [3.05, 3.63) is 52.4 Å². The molecule has 0 amide bonds. The van der Waals surface area contributed by atoms with Gasteiger partial charge in [-0.15, -0.1) is 10.2 Å². The lowest BCUT2D eigenvalue weighted by Crippen LogP contribution is -2.23. The van der Waals surface area contributed by atoms with Gasteiger partial charge in [-0.1, -0.05) is 23.2 Å². The van der Waals surface area contributed by atoms with E-state index in [9.17, 15) is 5.11 Å². The molecule has 1 N–H and O–H groups in total. The van der Waals surface area contributed by atoms with Crippen molar-refractivity contribution in [2.24, 2.45) is 0 Å². The molecule has 0 radical (unpaired) electrons. The monoisotopic (exact) mass is 389 g/mol. The highest BCUT2D eigenvalue weighted by atomic mass is 35.5. The topological polar surface area (TPSA) is 59.7 Å². The van der Waals surface area contributed by atoms with Gasteiger partial charge >= 0.3 is 0 Å². The number of aliphatic hydroxyl groups is 1. The van der Waals surface area contributed by atoms with Gasteiger partial charge in [-0.2, -0.15) is 0 Å². The molecule has 0 aliphatic heterocycles. The molecule has 0 unspecified atom stereocenters. The lowest BCUT2D eigenvalue weighted by Gasteiger charge is -2.24. The number of nitrogens with zero attached hydrogens (tertiary/aromatic N) is 3. The molecule has 2 saturated carbocycles. The fourth-order valence-electron chi connectivity index (χ4n) is 4.49. The number of ether oxygens (including phenoxy) is 1. The Bertz CT molecular complexity index is 1010. The first kappa shape index (κ1) is 16.4. The predicted molar refractivity (Wildman–Crippen MR) is 99.2 cm³/mol. The Hall–Kier alpha value is -1.82. The fraction of sp³-hybridized carbons (Fsp3) is 0.368. The summed E-state index contributed by atoms with van der Waals surface area (Å²) in [7, 11) is 0. The largest absolute Gasteiger partial charge is 0.452 e. The molecule has 3 aromatic rings. The number of pyridine rings is 1. The summed E-state index contributed by atoms with van der Waals surface area (Å²) in [5.74, 6) is 2.01. The third-order valence-corrected chi connectivity index (χ3v) is 6.32. The maximum atomic E-state index is 10.6. The van der Waals surface area contributed by atoms with Gasteiger partial charge in [0.25, 0.3) is 0 Å². The molecule has 5 rings (SSSR count). The number of halogens is 2. The summed E-state index contributed by atoms with van der Waals surface area (Å²) >= 11 is 12.2. The van der Waals surface area contributed by atoms with Crippen LogP contribution >= 0.6 is 23.2 Å². The van der Waals surface area contributed by atoms with E-state index in [1.807, 2.05) is 22.7 Å². The van der Waals surface area contributed by atoms with Gasteiger partial charge in [0, 0.05) is 16.6 Å². The van der Waals surface area contributed by atoms with Gasteiger partial charge in [-0.25, -0.2) is 0 Å². The van der Waals surface area contributed by atoms with Crippen molar-refractivity contribution in [1.29, 1.82) is 0 Å². The van der Waals surface area contributed by atoms with Gasteiger partial charge in [0.15, 0.2) is 5.75 Å². The second-order valence-electron chi connectivity index (χ2n) is 7.45. The van der Waals surface area contributed by atoms with Crippen LogP contribution in [0.3, 0.4) is 0 Å². The molecule has 5 nitrogen and oxygen atoms in total. The van der Waals surface area contributed by atoms with Crippen LogP contribution in [0, 0.1) is 0 Å². The quantitative estimate of drug-likeness (QED) is 0.700. The van der Waals surface area contributed by atoms with Crippen molar-refractivity contribution in [1.82, 2.24) is 14.6 Å². The van der Waals surface area contributed by atoms with Crippen molar-refractivity contribution in [3.8, 4) is 11.5 Å². The molecule has 1 aromatic carbocycles. The van der Waals surface area contributed by atoms with Crippen LogP contribution in [0.1, 0.15) is 37.9 Å². The first-order chi connectivity index (χ1) is 12.5. The minimum absolute atomic E-state index is 0.0926. The van der Waals surface area contributed by atoms with E-state index in [-0.39, 0.29) is 5.41 Å². The van der Waals surface area contributed by atoms with E-state index in [0.717, 1.165) is 37.9 Å². The molecule has 0 saturated heterocycles. The summed E-state index contributed by atoms with van der Waals surface area (Å²) in [5.41, 5.74) is 0.0202. The summed E-state index contributed by atoms with van der Waals surface area (Å²) in [6.07, 6.45) is 6.26. The van der Waals surface area contributed by atoms with E-state index in [1.54, 1.807) is 18.2 Å². The average molecular weight is 390 g/mol. The Morgan fingerprint density at radius 2 is 1.85 bits per heavy atom. The molecule has 134 valence electrons. The molecule has 7 heteroatoms. The molecule has 2 fully saturated rings. The second kappa shape index (κ2) is 5.59. The van der Waals surface area contributed by atoms with Crippen molar-refractivity contribution in [2.75, 3.05) is 0 Å². The Labute approximate surface area is 160 Å². The minimum Gasteiger partial charge on any atom is -0.452 e. The molecule has 0 spiro atoms. The van der Waals surface area contributed by atoms with Crippen LogP contribution < -0.4 is 4.74 Å². The normalized spacial score (nSPS) is 27.3. The van der Waals surface area contributed by atoms with Crippen LogP contribution in [-0.2, 0) is 5.41 Å². The number of hydrogen-bond donors (Lipinski definition) is 1. The maximum absolute atomic E-state index is 10.6. The molecule has 2 aliphatic rings. The predicted octanol–water partition coefficient (Wildman–Crippen LogP) is 4.78. The smallest absolute Gasteiger partial charge is 0.203 e. The van der Waals surface area contributed by atoms with E-state index in [1.165, 1.54) is 0 Å². The van der Waals surface area contributed by atoms with E-state index in [0.29, 0.717) is 27.2 Å². The maximum Gasteiger partial charge on any atom is 0.203 e. The SMILES string of the molecule is OC12CCC(c3nnc4c(Oc5ccc(Cl)cc5Cl)cccn34)(CC1)C2. The van der Waals surface area contributed by atoms with Crippen LogP contribution in [0.4, 0.5) is 0 Å². The summed E-state index contributed by atoms with van der Waals surface area (Å²) in [6.45, 7) is 0. The first-order valence-corrected chi connectivity index (χ1v) is 9.43.